The molecule has 0 saturated carbocycles. The van der Waals surface area contributed by atoms with E-state index in [1.807, 2.05) is 13.8 Å². The van der Waals surface area contributed by atoms with Crippen LogP contribution in [0.25, 0.3) is 0 Å². The van der Waals surface area contributed by atoms with Gasteiger partial charge in [-0.3, -0.25) is 9.63 Å². The van der Waals surface area contributed by atoms with E-state index in [-0.39, 0.29) is 18.6 Å². The number of amides is 1. The van der Waals surface area contributed by atoms with E-state index >= 15 is 0 Å². The average Bonchev–Trinajstić information content (AvgIpc) is 2.26. The first-order chi connectivity index (χ1) is 6.74. The van der Waals surface area contributed by atoms with Gasteiger partial charge in [0.25, 0.3) is 5.91 Å². The van der Waals surface area contributed by atoms with E-state index in [9.17, 15) is 4.79 Å². The maximum Gasteiger partial charge on any atom is 0.272 e. The highest BCUT2D eigenvalue weighted by Crippen LogP contribution is 2.06. The summed E-state index contributed by atoms with van der Waals surface area (Å²) in [7, 11) is 0. The Labute approximate surface area is 85.1 Å². The standard InChI is InChI=1S/C10H19NO3/c1-3-9(2)13-8-10(12)11-6-4-5-7-14-11/h9H,3-8H2,1-2H3/t9-/m0/s1. The molecule has 0 aromatic heterocycles. The van der Waals surface area contributed by atoms with Crippen LogP contribution in [-0.4, -0.2) is 36.8 Å². The highest BCUT2D eigenvalue weighted by molar-refractivity contribution is 5.76. The zero-order valence-corrected chi connectivity index (χ0v) is 8.99. The molecule has 0 aliphatic carbocycles. The lowest BCUT2D eigenvalue weighted by molar-refractivity contribution is -0.202. The summed E-state index contributed by atoms with van der Waals surface area (Å²) in [6.45, 7) is 5.48. The first-order valence-corrected chi connectivity index (χ1v) is 5.29. The summed E-state index contributed by atoms with van der Waals surface area (Å²) >= 11 is 0. The molecule has 0 N–H and O–H groups in total. The molecule has 1 saturated heterocycles. The van der Waals surface area contributed by atoms with Crippen molar-refractivity contribution < 1.29 is 14.4 Å². The zero-order chi connectivity index (χ0) is 10.4. The van der Waals surface area contributed by atoms with E-state index < -0.39 is 0 Å². The number of rotatable bonds is 4. The minimum atomic E-state index is -0.0648. The van der Waals surface area contributed by atoms with Gasteiger partial charge in [0, 0.05) is 6.54 Å². The Hall–Kier alpha value is -0.610. The second-order valence-corrected chi connectivity index (χ2v) is 3.57. The smallest absolute Gasteiger partial charge is 0.272 e. The first kappa shape index (κ1) is 11.5. The Morgan fingerprint density at radius 2 is 2.36 bits per heavy atom. The highest BCUT2D eigenvalue weighted by atomic mass is 16.7. The van der Waals surface area contributed by atoms with E-state index in [4.69, 9.17) is 9.57 Å². The van der Waals surface area contributed by atoms with Crippen LogP contribution in [0.4, 0.5) is 0 Å². The summed E-state index contributed by atoms with van der Waals surface area (Å²) in [5.41, 5.74) is 0. The van der Waals surface area contributed by atoms with Gasteiger partial charge < -0.3 is 4.74 Å². The summed E-state index contributed by atoms with van der Waals surface area (Å²) in [4.78, 5) is 16.7. The quantitative estimate of drug-likeness (QED) is 0.689. The molecule has 82 valence electrons. The first-order valence-electron chi connectivity index (χ1n) is 5.29. The van der Waals surface area contributed by atoms with Gasteiger partial charge in [0.2, 0.25) is 0 Å². The number of ether oxygens (including phenoxy) is 1. The van der Waals surface area contributed by atoms with Crippen LogP contribution < -0.4 is 0 Å². The van der Waals surface area contributed by atoms with E-state index in [1.54, 1.807) is 0 Å². The van der Waals surface area contributed by atoms with Crippen molar-refractivity contribution in [1.82, 2.24) is 5.06 Å². The molecule has 1 heterocycles. The van der Waals surface area contributed by atoms with Crippen molar-refractivity contribution in [3.63, 3.8) is 0 Å². The molecule has 4 nitrogen and oxygen atoms in total. The van der Waals surface area contributed by atoms with Crippen LogP contribution in [0, 0.1) is 0 Å². The van der Waals surface area contributed by atoms with Crippen LogP contribution in [0.2, 0.25) is 0 Å². The Kier molecular flexibility index (Phi) is 4.90. The fraction of sp³-hybridized carbons (Fsp3) is 0.900. The summed E-state index contributed by atoms with van der Waals surface area (Å²) in [5.74, 6) is -0.0648. The maximum atomic E-state index is 11.5. The Balaban J connectivity index is 2.19. The third kappa shape index (κ3) is 3.64. The molecule has 1 aliphatic rings. The van der Waals surface area contributed by atoms with Crippen molar-refractivity contribution in [1.29, 1.82) is 0 Å². The van der Waals surface area contributed by atoms with E-state index in [0.717, 1.165) is 19.3 Å². The summed E-state index contributed by atoms with van der Waals surface area (Å²) < 4.78 is 5.33. The topological polar surface area (TPSA) is 38.8 Å². The lowest BCUT2D eigenvalue weighted by atomic mass is 10.3. The number of hydroxylamine groups is 2. The maximum absolute atomic E-state index is 11.5. The SMILES string of the molecule is CC[C@H](C)OCC(=O)N1CCCCO1. The Morgan fingerprint density at radius 3 is 2.93 bits per heavy atom. The summed E-state index contributed by atoms with van der Waals surface area (Å²) in [6.07, 6.45) is 3.13. The van der Waals surface area contributed by atoms with Crippen molar-refractivity contribution in [2.75, 3.05) is 19.8 Å². The zero-order valence-electron chi connectivity index (χ0n) is 8.99. The van der Waals surface area contributed by atoms with E-state index in [2.05, 4.69) is 0 Å². The predicted molar refractivity (Wildman–Crippen MR) is 52.6 cm³/mol. The molecule has 4 heteroatoms. The molecule has 14 heavy (non-hydrogen) atoms. The van der Waals surface area contributed by atoms with Crippen LogP contribution >= 0.6 is 0 Å². The third-order valence-electron chi connectivity index (χ3n) is 2.35. The van der Waals surface area contributed by atoms with Crippen molar-refractivity contribution in [3.05, 3.63) is 0 Å². The molecule has 1 atom stereocenters. The van der Waals surface area contributed by atoms with Gasteiger partial charge in [0.1, 0.15) is 6.61 Å². The molecule has 1 rings (SSSR count). The molecule has 1 amide bonds. The Bertz CT molecular complexity index is 178. The van der Waals surface area contributed by atoms with Crippen LogP contribution in [0.5, 0.6) is 0 Å². The largest absolute Gasteiger partial charge is 0.369 e. The average molecular weight is 201 g/mol. The highest BCUT2D eigenvalue weighted by Gasteiger charge is 2.18. The van der Waals surface area contributed by atoms with Crippen LogP contribution in [-0.2, 0) is 14.4 Å². The Morgan fingerprint density at radius 1 is 1.57 bits per heavy atom. The normalized spacial score (nSPS) is 19.4. The summed E-state index contributed by atoms with van der Waals surface area (Å²) in [6, 6.07) is 0. The molecule has 1 fully saturated rings. The van der Waals surface area contributed by atoms with Gasteiger partial charge in [-0.1, -0.05) is 6.92 Å². The number of carbonyl (C=O) groups is 1. The van der Waals surface area contributed by atoms with Gasteiger partial charge >= 0.3 is 0 Å². The minimum absolute atomic E-state index is 0.0648. The predicted octanol–water partition coefficient (Wildman–Crippen LogP) is 1.36. The van der Waals surface area contributed by atoms with Gasteiger partial charge in [-0.15, -0.1) is 0 Å². The molecule has 0 radical (unpaired) electrons. The van der Waals surface area contributed by atoms with Crippen LogP contribution in [0.15, 0.2) is 0 Å². The number of carbonyl (C=O) groups excluding carboxylic acids is 1. The molecular formula is C10H19NO3. The van der Waals surface area contributed by atoms with Gasteiger partial charge in [0.05, 0.1) is 12.7 Å². The fourth-order valence-electron chi connectivity index (χ4n) is 1.20. The van der Waals surface area contributed by atoms with E-state index in [1.165, 1.54) is 5.06 Å². The number of hydrogen-bond donors (Lipinski definition) is 0. The lowest BCUT2D eigenvalue weighted by Gasteiger charge is -2.26. The van der Waals surface area contributed by atoms with Gasteiger partial charge in [-0.2, -0.15) is 0 Å². The lowest BCUT2D eigenvalue weighted by Crippen LogP contribution is -2.38. The minimum Gasteiger partial charge on any atom is -0.369 e. The second-order valence-electron chi connectivity index (χ2n) is 3.57. The fourth-order valence-corrected chi connectivity index (χ4v) is 1.20. The summed E-state index contributed by atoms with van der Waals surface area (Å²) in [5, 5.41) is 1.42. The van der Waals surface area contributed by atoms with Crippen molar-refractivity contribution >= 4 is 5.91 Å². The monoisotopic (exact) mass is 201 g/mol. The molecule has 0 bridgehead atoms. The van der Waals surface area contributed by atoms with Crippen molar-refractivity contribution in [3.8, 4) is 0 Å². The number of nitrogens with zero attached hydrogens (tertiary/aromatic N) is 1. The molecular weight excluding hydrogens is 182 g/mol. The van der Waals surface area contributed by atoms with E-state index in [0.29, 0.717) is 13.2 Å². The van der Waals surface area contributed by atoms with Crippen LogP contribution in [0.1, 0.15) is 33.1 Å². The molecule has 0 unspecified atom stereocenters. The molecule has 0 aromatic rings. The van der Waals surface area contributed by atoms with Crippen LogP contribution in [0.3, 0.4) is 0 Å². The van der Waals surface area contributed by atoms with Gasteiger partial charge in [-0.25, -0.2) is 5.06 Å². The molecule has 1 aliphatic heterocycles. The second kappa shape index (κ2) is 5.98. The molecule has 0 aromatic carbocycles. The van der Waals surface area contributed by atoms with Gasteiger partial charge in [0.15, 0.2) is 0 Å². The number of hydrogen-bond acceptors (Lipinski definition) is 3. The van der Waals surface area contributed by atoms with Crippen molar-refractivity contribution in [2.24, 2.45) is 0 Å². The molecule has 0 spiro atoms. The van der Waals surface area contributed by atoms with Gasteiger partial charge in [-0.05, 0) is 26.2 Å². The third-order valence-corrected chi connectivity index (χ3v) is 2.35. The van der Waals surface area contributed by atoms with Crippen molar-refractivity contribution in [2.45, 2.75) is 39.2 Å².